The standard InChI is InChI=1S/C12H22N4O2/c1-5-16-6-7-17-9(8-16)10-14-11(18-15-10)12(2,3)13-4/h9,13H,5-8H2,1-4H3. The predicted molar refractivity (Wildman–Crippen MR) is 67.2 cm³/mol. The van der Waals surface area contributed by atoms with Crippen molar-refractivity contribution in [3.05, 3.63) is 11.7 Å². The van der Waals surface area contributed by atoms with Crippen molar-refractivity contribution in [1.29, 1.82) is 0 Å². The average molecular weight is 254 g/mol. The van der Waals surface area contributed by atoms with Crippen molar-refractivity contribution in [2.45, 2.75) is 32.4 Å². The number of hydrogen-bond donors (Lipinski definition) is 1. The first-order valence-corrected chi connectivity index (χ1v) is 6.43. The molecule has 1 saturated heterocycles. The highest BCUT2D eigenvalue weighted by atomic mass is 16.5. The van der Waals surface area contributed by atoms with Gasteiger partial charge < -0.3 is 14.6 Å². The lowest BCUT2D eigenvalue weighted by molar-refractivity contribution is -0.0334. The zero-order chi connectivity index (χ0) is 13.2. The summed E-state index contributed by atoms with van der Waals surface area (Å²) in [4.78, 5) is 6.78. The first-order valence-electron chi connectivity index (χ1n) is 6.43. The molecular weight excluding hydrogens is 232 g/mol. The Labute approximate surface area is 108 Å². The van der Waals surface area contributed by atoms with E-state index in [-0.39, 0.29) is 11.6 Å². The second-order valence-corrected chi connectivity index (χ2v) is 5.09. The van der Waals surface area contributed by atoms with Gasteiger partial charge in [-0.2, -0.15) is 4.98 Å². The second-order valence-electron chi connectivity index (χ2n) is 5.09. The monoisotopic (exact) mass is 254 g/mol. The van der Waals surface area contributed by atoms with Crippen LogP contribution in [0.5, 0.6) is 0 Å². The van der Waals surface area contributed by atoms with E-state index in [9.17, 15) is 0 Å². The third-order valence-corrected chi connectivity index (χ3v) is 3.49. The molecule has 0 bridgehead atoms. The van der Waals surface area contributed by atoms with Crippen LogP contribution in [0.15, 0.2) is 4.52 Å². The normalized spacial score (nSPS) is 22.3. The number of rotatable bonds is 4. The fourth-order valence-corrected chi connectivity index (χ4v) is 1.87. The summed E-state index contributed by atoms with van der Waals surface area (Å²) in [5.41, 5.74) is -0.315. The molecule has 18 heavy (non-hydrogen) atoms. The third kappa shape index (κ3) is 2.71. The molecule has 102 valence electrons. The van der Waals surface area contributed by atoms with Gasteiger partial charge in [-0.25, -0.2) is 0 Å². The summed E-state index contributed by atoms with van der Waals surface area (Å²) in [6.45, 7) is 9.70. The van der Waals surface area contributed by atoms with E-state index in [1.807, 2.05) is 20.9 Å². The Kier molecular flexibility index (Phi) is 3.99. The number of hydrogen-bond acceptors (Lipinski definition) is 6. The quantitative estimate of drug-likeness (QED) is 0.862. The SMILES string of the molecule is CCN1CCOC(c2noc(C(C)(C)NC)n2)C1. The van der Waals surface area contributed by atoms with Crippen molar-refractivity contribution < 1.29 is 9.26 Å². The maximum absolute atomic E-state index is 5.71. The van der Waals surface area contributed by atoms with Crippen LogP contribution in [0.2, 0.25) is 0 Å². The number of morpholine rings is 1. The van der Waals surface area contributed by atoms with Crippen molar-refractivity contribution in [1.82, 2.24) is 20.4 Å². The molecule has 2 heterocycles. The van der Waals surface area contributed by atoms with E-state index in [0.717, 1.165) is 26.2 Å². The largest absolute Gasteiger partial charge is 0.367 e. The molecule has 1 atom stereocenters. The summed E-state index contributed by atoms with van der Waals surface area (Å²) in [7, 11) is 1.87. The zero-order valence-electron chi connectivity index (χ0n) is 11.6. The van der Waals surface area contributed by atoms with E-state index < -0.39 is 0 Å². The lowest BCUT2D eigenvalue weighted by atomic mass is 10.1. The smallest absolute Gasteiger partial charge is 0.246 e. The Morgan fingerprint density at radius 1 is 1.50 bits per heavy atom. The molecule has 1 aromatic rings. The molecule has 0 amide bonds. The Morgan fingerprint density at radius 2 is 2.28 bits per heavy atom. The molecule has 0 saturated carbocycles. The number of nitrogens with zero attached hydrogens (tertiary/aromatic N) is 3. The van der Waals surface area contributed by atoms with Crippen LogP contribution in [-0.4, -0.2) is 48.3 Å². The molecule has 0 radical (unpaired) electrons. The van der Waals surface area contributed by atoms with Crippen LogP contribution in [0.25, 0.3) is 0 Å². The van der Waals surface area contributed by atoms with Gasteiger partial charge in [0.2, 0.25) is 11.7 Å². The molecule has 2 rings (SSSR count). The summed E-state index contributed by atoms with van der Waals surface area (Å²) in [6.07, 6.45) is -0.0798. The van der Waals surface area contributed by atoms with Crippen molar-refractivity contribution in [3.8, 4) is 0 Å². The molecule has 1 fully saturated rings. The van der Waals surface area contributed by atoms with Gasteiger partial charge in [0, 0.05) is 13.1 Å². The molecule has 1 aromatic heterocycles. The predicted octanol–water partition coefficient (Wildman–Crippen LogP) is 0.917. The molecule has 6 nitrogen and oxygen atoms in total. The van der Waals surface area contributed by atoms with Crippen LogP contribution in [-0.2, 0) is 10.3 Å². The van der Waals surface area contributed by atoms with E-state index in [1.54, 1.807) is 0 Å². The van der Waals surface area contributed by atoms with Gasteiger partial charge >= 0.3 is 0 Å². The zero-order valence-corrected chi connectivity index (χ0v) is 11.6. The summed E-state index contributed by atoms with van der Waals surface area (Å²) < 4.78 is 11.0. The van der Waals surface area contributed by atoms with Crippen LogP contribution >= 0.6 is 0 Å². The summed E-state index contributed by atoms with van der Waals surface area (Å²) in [6, 6.07) is 0. The van der Waals surface area contributed by atoms with Gasteiger partial charge in [-0.15, -0.1) is 0 Å². The maximum Gasteiger partial charge on any atom is 0.246 e. The van der Waals surface area contributed by atoms with Gasteiger partial charge in [0.1, 0.15) is 6.10 Å². The number of nitrogens with one attached hydrogen (secondary N) is 1. The highest BCUT2D eigenvalue weighted by Crippen LogP contribution is 2.23. The highest BCUT2D eigenvalue weighted by molar-refractivity contribution is 5.01. The Bertz CT molecular complexity index is 391. The Hall–Kier alpha value is -0.980. The summed E-state index contributed by atoms with van der Waals surface area (Å²) in [5, 5.41) is 7.19. The van der Waals surface area contributed by atoms with Gasteiger partial charge in [-0.1, -0.05) is 12.1 Å². The van der Waals surface area contributed by atoms with Crippen LogP contribution in [0.3, 0.4) is 0 Å². The molecular formula is C12H22N4O2. The van der Waals surface area contributed by atoms with Crippen LogP contribution in [0, 0.1) is 0 Å². The molecule has 1 aliphatic rings. The van der Waals surface area contributed by atoms with Crippen molar-refractivity contribution >= 4 is 0 Å². The Morgan fingerprint density at radius 3 is 2.94 bits per heavy atom. The second kappa shape index (κ2) is 5.34. The fourth-order valence-electron chi connectivity index (χ4n) is 1.87. The van der Waals surface area contributed by atoms with Gasteiger partial charge in [0.15, 0.2) is 0 Å². The molecule has 0 aromatic carbocycles. The minimum Gasteiger partial charge on any atom is -0.367 e. The fraction of sp³-hybridized carbons (Fsp3) is 0.833. The van der Waals surface area contributed by atoms with Crippen molar-refractivity contribution in [2.75, 3.05) is 33.3 Å². The maximum atomic E-state index is 5.71. The van der Waals surface area contributed by atoms with Crippen LogP contribution in [0.4, 0.5) is 0 Å². The van der Waals surface area contributed by atoms with Crippen LogP contribution < -0.4 is 5.32 Å². The molecule has 1 N–H and O–H groups in total. The topological polar surface area (TPSA) is 63.4 Å². The summed E-state index contributed by atoms with van der Waals surface area (Å²) >= 11 is 0. The first-order chi connectivity index (χ1) is 8.56. The van der Waals surface area contributed by atoms with Crippen molar-refractivity contribution in [3.63, 3.8) is 0 Å². The molecule has 0 spiro atoms. The minimum atomic E-state index is -0.315. The van der Waals surface area contributed by atoms with Gasteiger partial charge in [-0.3, -0.25) is 4.90 Å². The van der Waals surface area contributed by atoms with Gasteiger partial charge in [-0.05, 0) is 27.4 Å². The van der Waals surface area contributed by atoms with E-state index in [1.165, 1.54) is 0 Å². The lowest BCUT2D eigenvalue weighted by Crippen LogP contribution is -2.38. The molecule has 6 heteroatoms. The highest BCUT2D eigenvalue weighted by Gasteiger charge is 2.30. The Balaban J connectivity index is 2.10. The number of likely N-dealkylation sites (N-methyl/N-ethyl adjacent to an activating group) is 1. The summed E-state index contributed by atoms with van der Waals surface area (Å²) in [5.74, 6) is 1.24. The number of aromatic nitrogens is 2. The average Bonchev–Trinajstić information content (AvgIpc) is 2.89. The van der Waals surface area contributed by atoms with E-state index in [4.69, 9.17) is 9.26 Å². The lowest BCUT2D eigenvalue weighted by Gasteiger charge is -2.30. The first kappa shape index (κ1) is 13.5. The van der Waals surface area contributed by atoms with Gasteiger partial charge in [0.25, 0.3) is 0 Å². The molecule has 1 unspecified atom stereocenters. The van der Waals surface area contributed by atoms with E-state index >= 15 is 0 Å². The van der Waals surface area contributed by atoms with Crippen LogP contribution in [0.1, 0.15) is 38.6 Å². The van der Waals surface area contributed by atoms with E-state index in [2.05, 4.69) is 27.3 Å². The van der Waals surface area contributed by atoms with E-state index in [0.29, 0.717) is 11.7 Å². The third-order valence-electron chi connectivity index (χ3n) is 3.49. The van der Waals surface area contributed by atoms with Gasteiger partial charge in [0.05, 0.1) is 12.1 Å². The molecule has 0 aliphatic carbocycles. The number of ether oxygens (including phenoxy) is 1. The minimum absolute atomic E-state index is 0.0798. The molecule has 1 aliphatic heterocycles. The van der Waals surface area contributed by atoms with Crippen molar-refractivity contribution in [2.24, 2.45) is 0 Å².